The van der Waals surface area contributed by atoms with Crippen LogP contribution in [-0.2, 0) is 11.2 Å². The zero-order chi connectivity index (χ0) is 10.4. The molecule has 0 heterocycles. The zero-order valence-electron chi connectivity index (χ0n) is 8.03. The molecule has 0 aromatic heterocycles. The summed E-state index contributed by atoms with van der Waals surface area (Å²) in [6, 6.07) is 7.58. The highest BCUT2D eigenvalue weighted by Gasteiger charge is 1.97. The van der Waals surface area contributed by atoms with Gasteiger partial charge in [-0.15, -0.1) is 0 Å². The second-order valence-corrected chi connectivity index (χ2v) is 2.77. The van der Waals surface area contributed by atoms with Crippen LogP contribution >= 0.6 is 0 Å². The van der Waals surface area contributed by atoms with Gasteiger partial charge in [0.05, 0.1) is 13.7 Å². The van der Waals surface area contributed by atoms with Crippen LogP contribution in [0.2, 0.25) is 0 Å². The summed E-state index contributed by atoms with van der Waals surface area (Å²) in [6.07, 6.45) is -0.104. The molecule has 0 aliphatic carbocycles. The van der Waals surface area contributed by atoms with Crippen molar-refractivity contribution in [3.05, 3.63) is 29.8 Å². The molecule has 14 heavy (non-hydrogen) atoms. The molecule has 2 N–H and O–H groups in total. The van der Waals surface area contributed by atoms with Crippen LogP contribution in [0, 0.1) is 0 Å². The van der Waals surface area contributed by atoms with Crippen LogP contribution in [0.1, 0.15) is 5.56 Å². The van der Waals surface area contributed by atoms with Crippen molar-refractivity contribution in [2.45, 2.75) is 6.42 Å². The average molecular weight is 195 g/mol. The third-order valence-corrected chi connectivity index (χ3v) is 1.77. The van der Waals surface area contributed by atoms with Crippen molar-refractivity contribution < 1.29 is 14.3 Å². The predicted octanol–water partition coefficient (Wildman–Crippen LogP) is 1.33. The number of primary amides is 1. The highest BCUT2D eigenvalue weighted by atomic mass is 16.5. The van der Waals surface area contributed by atoms with Gasteiger partial charge in [0, 0.05) is 6.42 Å². The van der Waals surface area contributed by atoms with E-state index in [0.717, 1.165) is 11.3 Å². The van der Waals surface area contributed by atoms with Crippen LogP contribution in [0.4, 0.5) is 4.79 Å². The van der Waals surface area contributed by atoms with Crippen molar-refractivity contribution >= 4 is 6.09 Å². The molecule has 0 aliphatic rings. The van der Waals surface area contributed by atoms with Gasteiger partial charge in [-0.2, -0.15) is 0 Å². The van der Waals surface area contributed by atoms with Crippen LogP contribution in [0.5, 0.6) is 5.75 Å². The van der Waals surface area contributed by atoms with E-state index in [1.165, 1.54) is 0 Å². The molecule has 0 saturated carbocycles. The van der Waals surface area contributed by atoms with Gasteiger partial charge in [0.25, 0.3) is 0 Å². The first-order chi connectivity index (χ1) is 6.72. The number of methoxy groups -OCH3 is 1. The summed E-state index contributed by atoms with van der Waals surface area (Å²) in [4.78, 5) is 10.3. The summed E-state index contributed by atoms with van der Waals surface area (Å²) < 4.78 is 9.67. The molecule has 76 valence electrons. The van der Waals surface area contributed by atoms with Crippen LogP contribution in [0.25, 0.3) is 0 Å². The highest BCUT2D eigenvalue weighted by molar-refractivity contribution is 5.64. The Bertz CT molecular complexity index is 312. The first-order valence-electron chi connectivity index (χ1n) is 4.27. The van der Waals surface area contributed by atoms with Gasteiger partial charge in [0.2, 0.25) is 0 Å². The summed E-state index contributed by atoms with van der Waals surface area (Å²) >= 11 is 0. The summed E-state index contributed by atoms with van der Waals surface area (Å²) in [6.45, 7) is 0.294. The molecule has 0 fully saturated rings. The Kier molecular flexibility index (Phi) is 3.79. The number of ether oxygens (including phenoxy) is 2. The Morgan fingerprint density at radius 2 is 2.29 bits per heavy atom. The van der Waals surface area contributed by atoms with Crippen LogP contribution < -0.4 is 10.5 Å². The maximum Gasteiger partial charge on any atom is 0.404 e. The Hall–Kier alpha value is -1.71. The van der Waals surface area contributed by atoms with Crippen molar-refractivity contribution in [3.8, 4) is 5.75 Å². The Morgan fingerprint density at radius 3 is 2.93 bits per heavy atom. The van der Waals surface area contributed by atoms with E-state index < -0.39 is 6.09 Å². The lowest BCUT2D eigenvalue weighted by Crippen LogP contribution is -2.14. The lowest BCUT2D eigenvalue weighted by Gasteiger charge is -2.04. The fourth-order valence-corrected chi connectivity index (χ4v) is 1.10. The number of hydrogen-bond donors (Lipinski definition) is 1. The molecular formula is C10H13NO3. The van der Waals surface area contributed by atoms with E-state index in [4.69, 9.17) is 10.5 Å². The molecule has 0 spiro atoms. The first kappa shape index (κ1) is 10.4. The Morgan fingerprint density at radius 1 is 1.50 bits per heavy atom. The van der Waals surface area contributed by atoms with Crippen molar-refractivity contribution in [2.75, 3.05) is 13.7 Å². The van der Waals surface area contributed by atoms with Gasteiger partial charge >= 0.3 is 6.09 Å². The van der Waals surface area contributed by atoms with E-state index in [-0.39, 0.29) is 0 Å². The van der Waals surface area contributed by atoms with Crippen molar-refractivity contribution in [3.63, 3.8) is 0 Å². The van der Waals surface area contributed by atoms with Gasteiger partial charge in [-0.05, 0) is 17.7 Å². The molecule has 4 heteroatoms. The zero-order valence-corrected chi connectivity index (χ0v) is 8.03. The first-order valence-corrected chi connectivity index (χ1v) is 4.27. The SMILES string of the molecule is COc1cccc(CCOC(N)=O)c1. The minimum atomic E-state index is -0.743. The molecule has 0 aliphatic heterocycles. The maximum absolute atomic E-state index is 10.3. The number of benzene rings is 1. The molecule has 1 amide bonds. The molecule has 1 rings (SSSR count). The van der Waals surface area contributed by atoms with Gasteiger partial charge in [-0.25, -0.2) is 4.79 Å². The average Bonchev–Trinajstić information content (AvgIpc) is 2.18. The largest absolute Gasteiger partial charge is 0.497 e. The van der Waals surface area contributed by atoms with Gasteiger partial charge in [0.15, 0.2) is 0 Å². The van der Waals surface area contributed by atoms with Gasteiger partial charge in [-0.1, -0.05) is 12.1 Å². The number of nitrogens with two attached hydrogens (primary N) is 1. The summed E-state index contributed by atoms with van der Waals surface area (Å²) in [7, 11) is 1.61. The summed E-state index contributed by atoms with van der Waals surface area (Å²) in [5.41, 5.74) is 5.87. The number of amides is 1. The summed E-state index contributed by atoms with van der Waals surface area (Å²) in [5, 5.41) is 0. The van der Waals surface area contributed by atoms with Crippen molar-refractivity contribution in [1.82, 2.24) is 0 Å². The molecule has 0 saturated heterocycles. The van der Waals surface area contributed by atoms with Gasteiger partial charge < -0.3 is 15.2 Å². The van der Waals surface area contributed by atoms with E-state index in [1.54, 1.807) is 7.11 Å². The molecule has 0 atom stereocenters. The van der Waals surface area contributed by atoms with E-state index in [9.17, 15) is 4.79 Å². The predicted molar refractivity (Wildman–Crippen MR) is 52.2 cm³/mol. The minimum Gasteiger partial charge on any atom is -0.497 e. The number of rotatable bonds is 4. The topological polar surface area (TPSA) is 61.6 Å². The van der Waals surface area contributed by atoms with Crippen molar-refractivity contribution in [2.24, 2.45) is 5.73 Å². The Labute approximate surface area is 82.6 Å². The molecule has 0 radical (unpaired) electrons. The smallest absolute Gasteiger partial charge is 0.404 e. The standard InChI is InChI=1S/C10H13NO3/c1-13-9-4-2-3-8(7-9)5-6-14-10(11)12/h2-4,7H,5-6H2,1H3,(H2,11,12). The quantitative estimate of drug-likeness (QED) is 0.788. The maximum atomic E-state index is 10.3. The lowest BCUT2D eigenvalue weighted by molar-refractivity contribution is 0.158. The number of carbonyl (C=O) groups is 1. The van der Waals surface area contributed by atoms with Crippen LogP contribution in [0.3, 0.4) is 0 Å². The fourth-order valence-electron chi connectivity index (χ4n) is 1.10. The summed E-state index contributed by atoms with van der Waals surface area (Å²) in [5.74, 6) is 0.793. The second-order valence-electron chi connectivity index (χ2n) is 2.77. The van der Waals surface area contributed by atoms with Gasteiger partial charge in [0.1, 0.15) is 5.75 Å². The molecule has 0 bridgehead atoms. The van der Waals surface area contributed by atoms with Gasteiger partial charge in [-0.3, -0.25) is 0 Å². The van der Waals surface area contributed by atoms with Crippen molar-refractivity contribution in [1.29, 1.82) is 0 Å². The second kappa shape index (κ2) is 5.11. The molecule has 1 aromatic rings. The molecule has 0 unspecified atom stereocenters. The fraction of sp³-hybridized carbons (Fsp3) is 0.300. The third-order valence-electron chi connectivity index (χ3n) is 1.77. The van der Waals surface area contributed by atoms with Crippen LogP contribution in [-0.4, -0.2) is 19.8 Å². The normalized spacial score (nSPS) is 9.50. The highest BCUT2D eigenvalue weighted by Crippen LogP contribution is 2.12. The molecule has 4 nitrogen and oxygen atoms in total. The van der Waals surface area contributed by atoms with E-state index >= 15 is 0 Å². The van der Waals surface area contributed by atoms with Crippen LogP contribution in [0.15, 0.2) is 24.3 Å². The lowest BCUT2D eigenvalue weighted by atomic mass is 10.1. The monoisotopic (exact) mass is 195 g/mol. The molecule has 1 aromatic carbocycles. The minimum absolute atomic E-state index is 0.294. The number of carbonyl (C=O) groups excluding carboxylic acids is 1. The third kappa shape index (κ3) is 3.35. The number of hydrogen-bond acceptors (Lipinski definition) is 3. The molecular weight excluding hydrogens is 182 g/mol. The Balaban J connectivity index is 2.46. The van der Waals surface area contributed by atoms with E-state index in [2.05, 4.69) is 4.74 Å². The van der Waals surface area contributed by atoms with E-state index in [0.29, 0.717) is 13.0 Å². The van der Waals surface area contributed by atoms with E-state index in [1.807, 2.05) is 24.3 Å².